The van der Waals surface area contributed by atoms with Gasteiger partial charge in [-0.3, -0.25) is 0 Å². The van der Waals surface area contributed by atoms with Crippen molar-refractivity contribution in [3.8, 4) is 0 Å². The van der Waals surface area contributed by atoms with Crippen molar-refractivity contribution in [3.05, 3.63) is 51.5 Å². The third-order valence-corrected chi connectivity index (χ3v) is 3.18. The molecule has 1 aromatic carbocycles. The lowest BCUT2D eigenvalue weighted by Gasteiger charge is -2.10. The highest BCUT2D eigenvalue weighted by molar-refractivity contribution is 7.07. The van der Waals surface area contributed by atoms with Crippen LogP contribution in [0.2, 0.25) is 0 Å². The van der Waals surface area contributed by atoms with Gasteiger partial charge in [-0.1, -0.05) is 18.2 Å². The Morgan fingerprint density at radius 2 is 2.07 bits per heavy atom. The number of nitrogens with zero attached hydrogens (tertiary/aromatic N) is 1. The molecule has 1 atom stereocenters. The summed E-state index contributed by atoms with van der Waals surface area (Å²) < 4.78 is 0. The van der Waals surface area contributed by atoms with E-state index in [9.17, 15) is 5.11 Å². The van der Waals surface area contributed by atoms with E-state index in [1.807, 2.05) is 30.5 Å². The van der Waals surface area contributed by atoms with E-state index in [0.29, 0.717) is 0 Å². The molecule has 15 heavy (non-hydrogen) atoms. The molecule has 1 N–H and O–H groups in total. The highest BCUT2D eigenvalue weighted by Gasteiger charge is 2.12. The fraction of sp³-hybridized carbons (Fsp3) is 0.250. The van der Waals surface area contributed by atoms with Crippen molar-refractivity contribution in [1.29, 1.82) is 0 Å². The van der Waals surface area contributed by atoms with Gasteiger partial charge < -0.3 is 5.11 Å². The molecule has 0 bridgehead atoms. The summed E-state index contributed by atoms with van der Waals surface area (Å²) in [6.45, 7) is 4.11. The van der Waals surface area contributed by atoms with Crippen molar-refractivity contribution in [2.75, 3.05) is 0 Å². The molecule has 0 fully saturated rings. The van der Waals surface area contributed by atoms with Gasteiger partial charge in [-0.2, -0.15) is 0 Å². The van der Waals surface area contributed by atoms with Gasteiger partial charge in [0.15, 0.2) is 0 Å². The second-order valence-electron chi connectivity index (χ2n) is 3.66. The Bertz CT molecular complexity index is 451. The van der Waals surface area contributed by atoms with Crippen LogP contribution in [0, 0.1) is 13.8 Å². The molecule has 2 aromatic rings. The van der Waals surface area contributed by atoms with Crippen molar-refractivity contribution in [3.63, 3.8) is 0 Å². The van der Waals surface area contributed by atoms with Crippen molar-refractivity contribution >= 4 is 11.3 Å². The quantitative estimate of drug-likeness (QED) is 0.842. The Balaban J connectivity index is 2.34. The molecule has 2 rings (SSSR count). The lowest BCUT2D eigenvalue weighted by Crippen LogP contribution is -2.00. The topological polar surface area (TPSA) is 33.1 Å². The second-order valence-corrected chi connectivity index (χ2v) is 4.38. The molecule has 0 radical (unpaired) electrons. The van der Waals surface area contributed by atoms with Crippen LogP contribution in [-0.4, -0.2) is 10.1 Å². The van der Waals surface area contributed by atoms with Crippen LogP contribution in [0.3, 0.4) is 0 Å². The maximum atomic E-state index is 10.0. The molecule has 2 nitrogen and oxygen atoms in total. The molecule has 0 aliphatic rings. The standard InChI is InChI=1S/C12H13NOS/c1-8-3-4-10(5-9(8)2)12(14)11-6-15-7-13-11/h3-7,12,14H,1-2H3. The number of aliphatic hydroxyl groups excluding tert-OH is 1. The minimum Gasteiger partial charge on any atom is -0.382 e. The molecule has 1 aromatic heterocycles. The number of thiazole rings is 1. The number of aryl methyl sites for hydroxylation is 2. The first kappa shape index (κ1) is 10.3. The summed E-state index contributed by atoms with van der Waals surface area (Å²) in [5, 5.41) is 11.9. The lowest BCUT2D eigenvalue weighted by atomic mass is 10.0. The number of benzene rings is 1. The average molecular weight is 219 g/mol. The van der Waals surface area contributed by atoms with E-state index < -0.39 is 6.10 Å². The predicted octanol–water partition coefficient (Wildman–Crippen LogP) is 2.84. The molecular weight excluding hydrogens is 206 g/mol. The summed E-state index contributed by atoms with van der Waals surface area (Å²) in [5.41, 5.74) is 5.80. The van der Waals surface area contributed by atoms with Crippen molar-refractivity contribution < 1.29 is 5.11 Å². The van der Waals surface area contributed by atoms with Crippen LogP contribution in [0.15, 0.2) is 29.1 Å². The van der Waals surface area contributed by atoms with E-state index >= 15 is 0 Å². The minimum atomic E-state index is -0.601. The van der Waals surface area contributed by atoms with Gasteiger partial charge in [-0.15, -0.1) is 11.3 Å². The lowest BCUT2D eigenvalue weighted by molar-refractivity contribution is 0.216. The Kier molecular flexibility index (Phi) is 2.84. The molecule has 0 aliphatic carbocycles. The summed E-state index contributed by atoms with van der Waals surface area (Å²) in [5.74, 6) is 0. The number of aromatic nitrogens is 1. The zero-order valence-corrected chi connectivity index (χ0v) is 9.58. The van der Waals surface area contributed by atoms with Gasteiger partial charge >= 0.3 is 0 Å². The predicted molar refractivity (Wildman–Crippen MR) is 62.1 cm³/mol. The summed E-state index contributed by atoms with van der Waals surface area (Å²) in [6, 6.07) is 5.99. The highest BCUT2D eigenvalue weighted by atomic mass is 32.1. The van der Waals surface area contributed by atoms with Gasteiger partial charge in [-0.05, 0) is 30.5 Å². The summed E-state index contributed by atoms with van der Waals surface area (Å²) >= 11 is 1.50. The summed E-state index contributed by atoms with van der Waals surface area (Å²) in [4.78, 5) is 4.11. The maximum absolute atomic E-state index is 10.0. The number of rotatable bonds is 2. The zero-order chi connectivity index (χ0) is 10.8. The largest absolute Gasteiger partial charge is 0.382 e. The summed E-state index contributed by atoms with van der Waals surface area (Å²) in [6.07, 6.45) is -0.601. The first-order valence-electron chi connectivity index (χ1n) is 4.82. The number of aliphatic hydroxyl groups is 1. The summed E-state index contributed by atoms with van der Waals surface area (Å²) in [7, 11) is 0. The Morgan fingerprint density at radius 1 is 1.27 bits per heavy atom. The zero-order valence-electron chi connectivity index (χ0n) is 8.77. The van der Waals surface area contributed by atoms with Gasteiger partial charge in [0.1, 0.15) is 6.10 Å². The van der Waals surface area contributed by atoms with Gasteiger partial charge in [0.05, 0.1) is 11.2 Å². The third kappa shape index (κ3) is 2.08. The molecule has 0 saturated heterocycles. The van der Waals surface area contributed by atoms with Crippen LogP contribution in [0.1, 0.15) is 28.5 Å². The van der Waals surface area contributed by atoms with Gasteiger partial charge in [0, 0.05) is 5.38 Å². The van der Waals surface area contributed by atoms with E-state index in [1.165, 1.54) is 22.5 Å². The SMILES string of the molecule is Cc1ccc(C(O)c2cscn2)cc1C. The van der Waals surface area contributed by atoms with E-state index in [1.54, 1.807) is 5.51 Å². The van der Waals surface area contributed by atoms with Crippen LogP contribution >= 0.6 is 11.3 Å². The molecule has 0 amide bonds. The van der Waals surface area contributed by atoms with Crippen LogP contribution < -0.4 is 0 Å². The molecule has 3 heteroatoms. The Hall–Kier alpha value is -1.19. The van der Waals surface area contributed by atoms with Crippen LogP contribution in [0.4, 0.5) is 0 Å². The van der Waals surface area contributed by atoms with Crippen molar-refractivity contribution in [2.24, 2.45) is 0 Å². The molecule has 0 saturated carbocycles. The molecule has 0 spiro atoms. The Labute approximate surface area is 93.2 Å². The van der Waals surface area contributed by atoms with Gasteiger partial charge in [-0.25, -0.2) is 4.98 Å². The fourth-order valence-corrected chi connectivity index (χ4v) is 2.03. The van der Waals surface area contributed by atoms with E-state index in [0.717, 1.165) is 11.3 Å². The molecule has 1 heterocycles. The van der Waals surface area contributed by atoms with Crippen molar-refractivity contribution in [2.45, 2.75) is 20.0 Å². The molecule has 0 aliphatic heterocycles. The number of hydrogen-bond acceptors (Lipinski definition) is 3. The van der Waals surface area contributed by atoms with Crippen LogP contribution in [0.5, 0.6) is 0 Å². The maximum Gasteiger partial charge on any atom is 0.122 e. The smallest absolute Gasteiger partial charge is 0.122 e. The van der Waals surface area contributed by atoms with Crippen LogP contribution in [-0.2, 0) is 0 Å². The van der Waals surface area contributed by atoms with Gasteiger partial charge in [0.2, 0.25) is 0 Å². The first-order chi connectivity index (χ1) is 7.18. The van der Waals surface area contributed by atoms with E-state index in [2.05, 4.69) is 11.9 Å². The highest BCUT2D eigenvalue weighted by Crippen LogP contribution is 2.23. The van der Waals surface area contributed by atoms with E-state index in [-0.39, 0.29) is 0 Å². The third-order valence-electron chi connectivity index (χ3n) is 2.58. The minimum absolute atomic E-state index is 0.601. The fourth-order valence-electron chi connectivity index (χ4n) is 1.46. The Morgan fingerprint density at radius 3 is 2.67 bits per heavy atom. The monoisotopic (exact) mass is 219 g/mol. The average Bonchev–Trinajstić information content (AvgIpc) is 2.74. The number of hydrogen-bond donors (Lipinski definition) is 1. The normalized spacial score (nSPS) is 12.7. The first-order valence-corrected chi connectivity index (χ1v) is 5.76. The molecular formula is C12H13NOS. The van der Waals surface area contributed by atoms with E-state index in [4.69, 9.17) is 0 Å². The second kappa shape index (κ2) is 4.13. The molecule has 1 unspecified atom stereocenters. The molecule has 78 valence electrons. The van der Waals surface area contributed by atoms with Crippen molar-refractivity contribution in [1.82, 2.24) is 4.98 Å². The van der Waals surface area contributed by atoms with Gasteiger partial charge in [0.25, 0.3) is 0 Å². The van der Waals surface area contributed by atoms with Crippen LogP contribution in [0.25, 0.3) is 0 Å².